The van der Waals surface area contributed by atoms with Gasteiger partial charge in [-0.3, -0.25) is 9.69 Å². The van der Waals surface area contributed by atoms with Crippen LogP contribution in [0.25, 0.3) is 6.08 Å². The number of hydrogen-bond acceptors (Lipinski definition) is 7. The minimum absolute atomic E-state index is 0.0248. The van der Waals surface area contributed by atoms with Gasteiger partial charge in [-0.25, -0.2) is 4.99 Å². The van der Waals surface area contributed by atoms with Gasteiger partial charge in [-0.1, -0.05) is 56.5 Å². The van der Waals surface area contributed by atoms with Gasteiger partial charge in [0.15, 0.2) is 28.2 Å². The second-order valence-electron chi connectivity index (χ2n) is 10.3. The Labute approximate surface area is 245 Å². The lowest BCUT2D eigenvalue weighted by Gasteiger charge is -2.30. The molecule has 1 saturated carbocycles. The van der Waals surface area contributed by atoms with Crippen molar-refractivity contribution in [2.75, 3.05) is 13.9 Å². The Hall–Kier alpha value is -3.91. The fourth-order valence-electron chi connectivity index (χ4n) is 5.48. The Morgan fingerprint density at radius 1 is 1.00 bits per heavy atom. The summed E-state index contributed by atoms with van der Waals surface area (Å²) in [4.78, 5) is 21.5. The van der Waals surface area contributed by atoms with E-state index in [1.54, 1.807) is 7.11 Å². The lowest BCUT2D eigenvalue weighted by atomic mass is 9.94. The number of nitrogens with zero attached hydrogens (tertiary/aromatic N) is 2. The quantitative estimate of drug-likeness (QED) is 0.261. The summed E-state index contributed by atoms with van der Waals surface area (Å²) < 4.78 is 22.6. The number of ether oxygens (including phenoxy) is 4. The number of carbonyl (C=O) groups excluding carboxylic acids is 1. The summed E-state index contributed by atoms with van der Waals surface area (Å²) in [6.45, 7) is 2.73. The molecule has 2 aliphatic heterocycles. The maximum atomic E-state index is 13.8. The monoisotopic (exact) mass is 570 g/mol. The molecule has 7 nitrogen and oxygen atoms in total. The van der Waals surface area contributed by atoms with Crippen molar-refractivity contribution in [3.63, 3.8) is 0 Å². The molecular formula is C33H34N2O5S. The van der Waals surface area contributed by atoms with Crippen LogP contribution in [0.3, 0.4) is 0 Å². The third kappa shape index (κ3) is 5.93. The topological polar surface area (TPSA) is 69.6 Å². The number of aryl methyl sites for hydroxylation is 1. The van der Waals surface area contributed by atoms with E-state index in [2.05, 4.69) is 13.0 Å². The van der Waals surface area contributed by atoms with E-state index in [4.69, 9.17) is 23.9 Å². The smallest absolute Gasteiger partial charge is 0.267 e. The summed E-state index contributed by atoms with van der Waals surface area (Å²) in [6, 6.07) is 19.9. The van der Waals surface area contributed by atoms with Gasteiger partial charge in [-0.05, 0) is 84.1 Å². The maximum Gasteiger partial charge on any atom is 0.267 e. The molecule has 212 valence electrons. The number of hydrogen-bond donors (Lipinski definition) is 0. The predicted molar refractivity (Wildman–Crippen MR) is 162 cm³/mol. The number of amides is 1. The largest absolute Gasteiger partial charge is 0.493 e. The van der Waals surface area contributed by atoms with Gasteiger partial charge in [0.25, 0.3) is 5.91 Å². The van der Waals surface area contributed by atoms with Crippen molar-refractivity contribution < 1.29 is 23.7 Å². The zero-order valence-corrected chi connectivity index (χ0v) is 24.2. The van der Waals surface area contributed by atoms with Crippen molar-refractivity contribution >= 4 is 34.6 Å². The number of aliphatic imine (C=N–C) groups is 1. The molecule has 0 atom stereocenters. The molecule has 0 spiro atoms. The van der Waals surface area contributed by atoms with Crippen molar-refractivity contribution in [3.05, 3.63) is 82.3 Å². The number of carbonyl (C=O) groups is 1. The molecule has 3 aromatic rings. The first-order chi connectivity index (χ1) is 20.1. The van der Waals surface area contributed by atoms with Crippen molar-refractivity contribution in [3.8, 4) is 23.0 Å². The Bertz CT molecular complexity index is 1490. The average molecular weight is 571 g/mol. The average Bonchev–Trinajstić information content (AvgIpc) is 3.60. The zero-order valence-electron chi connectivity index (χ0n) is 23.4. The molecule has 41 heavy (non-hydrogen) atoms. The van der Waals surface area contributed by atoms with Crippen LogP contribution in [0.1, 0.15) is 55.7 Å². The van der Waals surface area contributed by atoms with Crippen molar-refractivity contribution in [1.82, 2.24) is 4.90 Å². The normalized spacial score (nSPS) is 18.9. The third-order valence-electron chi connectivity index (χ3n) is 7.68. The van der Waals surface area contributed by atoms with E-state index in [0.29, 0.717) is 23.0 Å². The van der Waals surface area contributed by atoms with Gasteiger partial charge in [-0.2, -0.15) is 0 Å². The number of para-hydroxylation sites is 1. The standard InChI is InChI=1S/C33H34N2O5S/c1-3-24-9-7-8-12-26(24)34-33-35(25-10-5-4-6-11-25)32(36)31(41-33)19-22-13-15-27(29(17-22)37-2)38-20-23-14-16-28-30(18-23)40-21-39-28/h7-9,12-19,25H,3-6,10-11,20-21H2,1-2H3/b31-19+,34-33?. The minimum Gasteiger partial charge on any atom is -0.493 e. The molecule has 2 fully saturated rings. The highest BCUT2D eigenvalue weighted by Crippen LogP contribution is 2.40. The van der Waals surface area contributed by atoms with Gasteiger partial charge in [0.2, 0.25) is 6.79 Å². The first kappa shape index (κ1) is 27.3. The first-order valence-corrected chi connectivity index (χ1v) is 15.0. The summed E-state index contributed by atoms with van der Waals surface area (Å²) in [5.41, 5.74) is 3.94. The number of methoxy groups -OCH3 is 1. The van der Waals surface area contributed by atoms with Crippen molar-refractivity contribution in [1.29, 1.82) is 0 Å². The van der Waals surface area contributed by atoms with E-state index in [1.165, 1.54) is 23.7 Å². The van der Waals surface area contributed by atoms with Crippen LogP contribution < -0.4 is 18.9 Å². The Balaban J connectivity index is 1.24. The summed E-state index contributed by atoms with van der Waals surface area (Å²) in [5.74, 6) is 2.72. The molecule has 3 aromatic carbocycles. The maximum absolute atomic E-state index is 13.8. The Kier molecular flexibility index (Phi) is 8.19. The van der Waals surface area contributed by atoms with E-state index in [0.717, 1.165) is 65.6 Å². The summed E-state index contributed by atoms with van der Waals surface area (Å²) in [5, 5.41) is 0.768. The molecule has 0 unspecified atom stereocenters. The summed E-state index contributed by atoms with van der Waals surface area (Å²) in [7, 11) is 1.62. The molecular weight excluding hydrogens is 536 g/mol. The van der Waals surface area contributed by atoms with Crippen LogP contribution in [0.4, 0.5) is 5.69 Å². The first-order valence-electron chi connectivity index (χ1n) is 14.2. The highest BCUT2D eigenvalue weighted by molar-refractivity contribution is 8.18. The molecule has 1 saturated heterocycles. The lowest BCUT2D eigenvalue weighted by Crippen LogP contribution is -2.40. The van der Waals surface area contributed by atoms with Gasteiger partial charge < -0.3 is 18.9 Å². The van der Waals surface area contributed by atoms with Gasteiger partial charge >= 0.3 is 0 Å². The van der Waals surface area contributed by atoms with Crippen LogP contribution >= 0.6 is 11.8 Å². The molecule has 3 aliphatic rings. The minimum atomic E-state index is 0.0248. The number of thioether (sulfide) groups is 1. The molecule has 0 N–H and O–H groups in total. The van der Waals surface area contributed by atoms with E-state index in [1.807, 2.05) is 65.6 Å². The van der Waals surface area contributed by atoms with Crippen LogP contribution in [0.2, 0.25) is 0 Å². The van der Waals surface area contributed by atoms with Crippen LogP contribution in [0.15, 0.2) is 70.6 Å². The predicted octanol–water partition coefficient (Wildman–Crippen LogP) is 7.50. The Morgan fingerprint density at radius 2 is 1.83 bits per heavy atom. The van der Waals surface area contributed by atoms with Crippen molar-refractivity contribution in [2.45, 2.75) is 58.1 Å². The van der Waals surface area contributed by atoms with E-state index in [9.17, 15) is 4.79 Å². The Morgan fingerprint density at radius 3 is 2.66 bits per heavy atom. The molecule has 2 heterocycles. The molecule has 1 amide bonds. The van der Waals surface area contributed by atoms with Gasteiger partial charge in [-0.15, -0.1) is 0 Å². The second-order valence-corrected chi connectivity index (χ2v) is 11.3. The fourth-order valence-corrected chi connectivity index (χ4v) is 6.54. The van der Waals surface area contributed by atoms with E-state index in [-0.39, 0.29) is 18.7 Å². The van der Waals surface area contributed by atoms with Gasteiger partial charge in [0.05, 0.1) is 17.7 Å². The number of amidine groups is 1. The zero-order chi connectivity index (χ0) is 28.2. The van der Waals surface area contributed by atoms with Crippen molar-refractivity contribution in [2.24, 2.45) is 4.99 Å². The highest BCUT2D eigenvalue weighted by atomic mass is 32.2. The second kappa shape index (κ2) is 12.3. The molecule has 0 bridgehead atoms. The van der Waals surface area contributed by atoms with Crippen LogP contribution in [-0.2, 0) is 17.8 Å². The molecule has 6 rings (SSSR count). The highest BCUT2D eigenvalue weighted by Gasteiger charge is 2.38. The molecule has 0 radical (unpaired) electrons. The van der Waals surface area contributed by atoms with E-state index < -0.39 is 0 Å². The number of benzene rings is 3. The van der Waals surface area contributed by atoms with Gasteiger partial charge in [0, 0.05) is 6.04 Å². The third-order valence-corrected chi connectivity index (χ3v) is 8.67. The summed E-state index contributed by atoms with van der Waals surface area (Å²) >= 11 is 1.46. The SMILES string of the molecule is CCc1ccccc1N=C1S/C(=C/c2ccc(OCc3ccc4c(c3)OCO4)c(OC)c2)C(=O)N1C1CCCCC1. The molecule has 1 aliphatic carbocycles. The van der Waals surface area contributed by atoms with Gasteiger partial charge in [0.1, 0.15) is 6.61 Å². The number of fused-ring (bicyclic) bond motifs is 1. The molecule has 0 aromatic heterocycles. The van der Waals surface area contributed by atoms with Crippen LogP contribution in [0, 0.1) is 0 Å². The fraction of sp³-hybridized carbons (Fsp3) is 0.333. The van der Waals surface area contributed by atoms with Crippen LogP contribution in [0.5, 0.6) is 23.0 Å². The van der Waals surface area contributed by atoms with E-state index >= 15 is 0 Å². The number of rotatable bonds is 8. The molecule has 8 heteroatoms. The summed E-state index contributed by atoms with van der Waals surface area (Å²) in [6.07, 6.45) is 8.35. The van der Waals surface area contributed by atoms with Crippen LogP contribution in [-0.4, -0.2) is 35.9 Å². The lowest BCUT2D eigenvalue weighted by molar-refractivity contribution is -0.124.